The third-order valence-electron chi connectivity index (χ3n) is 2.08. The van der Waals surface area contributed by atoms with E-state index in [-0.39, 0.29) is 11.9 Å². The molecule has 0 bridgehead atoms. The molecular formula is C12H24N2O2. The largest absolute Gasteiger partial charge is 0.376 e. The molecule has 0 spiro atoms. The summed E-state index contributed by atoms with van der Waals surface area (Å²) in [6.07, 6.45) is 0.952. The van der Waals surface area contributed by atoms with Gasteiger partial charge in [0.05, 0.1) is 19.8 Å². The molecule has 0 radical (unpaired) electrons. The van der Waals surface area contributed by atoms with E-state index < -0.39 is 0 Å². The van der Waals surface area contributed by atoms with Gasteiger partial charge in [0.2, 0.25) is 5.91 Å². The van der Waals surface area contributed by atoms with E-state index in [2.05, 4.69) is 17.2 Å². The van der Waals surface area contributed by atoms with Crippen LogP contribution in [0.1, 0.15) is 27.2 Å². The molecule has 0 aromatic rings. The van der Waals surface area contributed by atoms with Crippen LogP contribution in [0.25, 0.3) is 0 Å². The maximum absolute atomic E-state index is 11.3. The molecule has 94 valence electrons. The Morgan fingerprint density at radius 1 is 1.50 bits per heavy atom. The first kappa shape index (κ1) is 15.1. The molecule has 0 saturated heterocycles. The lowest BCUT2D eigenvalue weighted by atomic mass is 10.2. The van der Waals surface area contributed by atoms with E-state index in [0.717, 1.165) is 12.0 Å². The Balaban J connectivity index is 3.31. The molecule has 2 N–H and O–H groups in total. The second kappa shape index (κ2) is 9.36. The van der Waals surface area contributed by atoms with Crippen LogP contribution >= 0.6 is 0 Å². The first-order chi connectivity index (χ1) is 7.56. The van der Waals surface area contributed by atoms with Crippen molar-refractivity contribution in [3.8, 4) is 0 Å². The van der Waals surface area contributed by atoms with Crippen LogP contribution in [0, 0.1) is 0 Å². The summed E-state index contributed by atoms with van der Waals surface area (Å²) in [5, 5.41) is 5.90. The molecule has 0 heterocycles. The Morgan fingerprint density at radius 2 is 2.19 bits per heavy atom. The Hall–Kier alpha value is -0.870. The highest BCUT2D eigenvalue weighted by atomic mass is 16.5. The van der Waals surface area contributed by atoms with E-state index in [1.807, 2.05) is 20.8 Å². The molecule has 0 aromatic heterocycles. The molecule has 0 rings (SSSR count). The average Bonchev–Trinajstić information content (AvgIpc) is 2.22. The molecular weight excluding hydrogens is 204 g/mol. The van der Waals surface area contributed by atoms with E-state index in [1.165, 1.54) is 0 Å². The highest BCUT2D eigenvalue weighted by molar-refractivity contribution is 5.78. The van der Waals surface area contributed by atoms with Crippen LogP contribution in [0.4, 0.5) is 0 Å². The molecule has 0 saturated carbocycles. The average molecular weight is 228 g/mol. The van der Waals surface area contributed by atoms with Gasteiger partial charge in [-0.2, -0.15) is 0 Å². The van der Waals surface area contributed by atoms with Gasteiger partial charge in [-0.25, -0.2) is 0 Å². The van der Waals surface area contributed by atoms with Crippen molar-refractivity contribution in [2.45, 2.75) is 33.2 Å². The van der Waals surface area contributed by atoms with Crippen molar-refractivity contribution in [1.82, 2.24) is 10.6 Å². The molecule has 0 aliphatic rings. The van der Waals surface area contributed by atoms with Gasteiger partial charge in [-0.15, -0.1) is 0 Å². The normalized spacial score (nSPS) is 12.2. The van der Waals surface area contributed by atoms with Crippen molar-refractivity contribution in [2.24, 2.45) is 0 Å². The number of nitrogens with one attached hydrogen (secondary N) is 2. The Kier molecular flexibility index (Phi) is 8.85. The Morgan fingerprint density at radius 3 is 2.75 bits per heavy atom. The number of hydrogen-bond acceptors (Lipinski definition) is 3. The van der Waals surface area contributed by atoms with E-state index in [9.17, 15) is 4.79 Å². The van der Waals surface area contributed by atoms with Crippen LogP contribution in [-0.4, -0.2) is 38.3 Å². The first-order valence-corrected chi connectivity index (χ1v) is 5.78. The topological polar surface area (TPSA) is 50.4 Å². The van der Waals surface area contributed by atoms with Crippen molar-refractivity contribution < 1.29 is 9.53 Å². The highest BCUT2D eigenvalue weighted by Gasteiger charge is 2.03. The number of hydrogen-bond donors (Lipinski definition) is 2. The molecule has 16 heavy (non-hydrogen) atoms. The van der Waals surface area contributed by atoms with Gasteiger partial charge in [-0.05, 0) is 20.3 Å². The molecule has 1 amide bonds. The molecule has 0 aliphatic carbocycles. The van der Waals surface area contributed by atoms with Crippen LogP contribution in [-0.2, 0) is 9.53 Å². The van der Waals surface area contributed by atoms with Gasteiger partial charge >= 0.3 is 0 Å². The summed E-state index contributed by atoms with van der Waals surface area (Å²) in [4.78, 5) is 11.3. The van der Waals surface area contributed by atoms with Crippen LogP contribution in [0.5, 0.6) is 0 Å². The van der Waals surface area contributed by atoms with Gasteiger partial charge in [-0.1, -0.05) is 19.1 Å². The zero-order valence-electron chi connectivity index (χ0n) is 10.6. The van der Waals surface area contributed by atoms with E-state index in [0.29, 0.717) is 26.3 Å². The van der Waals surface area contributed by atoms with E-state index >= 15 is 0 Å². The number of ether oxygens (including phenoxy) is 1. The van der Waals surface area contributed by atoms with Crippen LogP contribution in [0.3, 0.4) is 0 Å². The summed E-state index contributed by atoms with van der Waals surface area (Å²) >= 11 is 0. The fourth-order valence-corrected chi connectivity index (χ4v) is 1.02. The SMILES string of the molecule is C=C(C)COCCNCC(=O)NC(C)CC. The number of carbonyl (C=O) groups is 1. The summed E-state index contributed by atoms with van der Waals surface area (Å²) < 4.78 is 5.29. The predicted octanol–water partition coefficient (Wildman–Crippen LogP) is 1.08. The second-order valence-corrected chi connectivity index (χ2v) is 4.06. The van der Waals surface area contributed by atoms with E-state index in [4.69, 9.17) is 4.74 Å². The van der Waals surface area contributed by atoms with Crippen LogP contribution in [0.2, 0.25) is 0 Å². The van der Waals surface area contributed by atoms with Crippen molar-refractivity contribution in [3.63, 3.8) is 0 Å². The number of rotatable bonds is 9. The van der Waals surface area contributed by atoms with Gasteiger partial charge in [0.1, 0.15) is 0 Å². The monoisotopic (exact) mass is 228 g/mol. The summed E-state index contributed by atoms with van der Waals surface area (Å²) in [5.74, 6) is 0.0363. The smallest absolute Gasteiger partial charge is 0.234 e. The van der Waals surface area contributed by atoms with Crippen molar-refractivity contribution in [3.05, 3.63) is 12.2 Å². The summed E-state index contributed by atoms with van der Waals surface area (Å²) in [6, 6.07) is 0.244. The van der Waals surface area contributed by atoms with Crippen molar-refractivity contribution in [1.29, 1.82) is 0 Å². The maximum atomic E-state index is 11.3. The molecule has 4 heteroatoms. The fourth-order valence-electron chi connectivity index (χ4n) is 1.02. The Labute approximate surface area is 98.4 Å². The van der Waals surface area contributed by atoms with Gasteiger partial charge in [0.15, 0.2) is 0 Å². The number of carbonyl (C=O) groups excluding carboxylic acids is 1. The zero-order valence-corrected chi connectivity index (χ0v) is 10.6. The second-order valence-electron chi connectivity index (χ2n) is 4.06. The molecule has 1 unspecified atom stereocenters. The zero-order chi connectivity index (χ0) is 12.4. The summed E-state index contributed by atoms with van der Waals surface area (Å²) in [7, 11) is 0. The lowest BCUT2D eigenvalue weighted by Crippen LogP contribution is -2.39. The minimum Gasteiger partial charge on any atom is -0.376 e. The minimum absolute atomic E-state index is 0.0363. The molecule has 0 aliphatic heterocycles. The van der Waals surface area contributed by atoms with Gasteiger partial charge in [-0.3, -0.25) is 4.79 Å². The number of amides is 1. The minimum atomic E-state index is 0.0363. The molecule has 4 nitrogen and oxygen atoms in total. The molecule has 0 aromatic carbocycles. The summed E-state index contributed by atoms with van der Waals surface area (Å²) in [6.45, 7) is 11.9. The van der Waals surface area contributed by atoms with Gasteiger partial charge in [0.25, 0.3) is 0 Å². The molecule has 1 atom stereocenters. The predicted molar refractivity (Wildman–Crippen MR) is 66.4 cm³/mol. The van der Waals surface area contributed by atoms with Crippen LogP contribution < -0.4 is 10.6 Å². The Bertz CT molecular complexity index is 217. The quantitative estimate of drug-likeness (QED) is 0.459. The third kappa shape index (κ3) is 9.68. The first-order valence-electron chi connectivity index (χ1n) is 5.78. The lowest BCUT2D eigenvalue weighted by Gasteiger charge is -2.11. The standard InChI is InChI=1S/C12H24N2O2/c1-5-11(4)14-12(15)8-13-6-7-16-9-10(2)3/h11,13H,2,5-9H2,1,3-4H3,(H,14,15). The summed E-state index contributed by atoms with van der Waals surface area (Å²) in [5.41, 5.74) is 1.01. The van der Waals surface area contributed by atoms with E-state index in [1.54, 1.807) is 0 Å². The molecule has 0 fully saturated rings. The van der Waals surface area contributed by atoms with Gasteiger partial charge in [0, 0.05) is 12.6 Å². The van der Waals surface area contributed by atoms with Crippen LogP contribution in [0.15, 0.2) is 12.2 Å². The lowest BCUT2D eigenvalue weighted by molar-refractivity contribution is -0.120. The fraction of sp³-hybridized carbons (Fsp3) is 0.750. The van der Waals surface area contributed by atoms with Crippen molar-refractivity contribution in [2.75, 3.05) is 26.3 Å². The van der Waals surface area contributed by atoms with Gasteiger partial charge < -0.3 is 15.4 Å². The highest BCUT2D eigenvalue weighted by Crippen LogP contribution is 1.87. The van der Waals surface area contributed by atoms with Crippen molar-refractivity contribution >= 4 is 5.91 Å². The third-order valence-corrected chi connectivity index (χ3v) is 2.08. The maximum Gasteiger partial charge on any atom is 0.234 e.